The van der Waals surface area contributed by atoms with E-state index in [0.717, 1.165) is 10.9 Å². The molecule has 0 saturated carbocycles. The highest BCUT2D eigenvalue weighted by Crippen LogP contribution is 2.23. The van der Waals surface area contributed by atoms with E-state index in [2.05, 4.69) is 20.3 Å². The Hall–Kier alpha value is -2.85. The van der Waals surface area contributed by atoms with E-state index in [1.165, 1.54) is 12.1 Å². The minimum atomic E-state index is -4.37. The number of hydrogen-bond donors (Lipinski definition) is 5. The average molecular weight is 334 g/mol. The largest absolute Gasteiger partial charge is 0.398 e. The molecule has 0 amide bonds. The number of nitrogens with two attached hydrogens (primary N) is 2. The standard InChI is InChI=1S/C13H14N6O3S/c14-10-2-1-8(3-11(10)23(20,21)22)16-4-7-5-17-12-9(7)6-18-13(15)19-12/h1-3,5-6,16H,4,14H2,(H,20,21,22)(H3,15,17,18,19). The maximum Gasteiger partial charge on any atom is 0.296 e. The van der Waals surface area contributed by atoms with E-state index >= 15 is 0 Å². The van der Waals surface area contributed by atoms with E-state index in [1.54, 1.807) is 18.5 Å². The normalized spacial score (nSPS) is 11.7. The third-order valence-corrected chi connectivity index (χ3v) is 4.22. The van der Waals surface area contributed by atoms with Crippen molar-refractivity contribution in [3.05, 3.63) is 36.2 Å². The van der Waals surface area contributed by atoms with Gasteiger partial charge in [-0.25, -0.2) is 4.98 Å². The molecule has 0 aliphatic carbocycles. The number of hydrogen-bond acceptors (Lipinski definition) is 7. The van der Waals surface area contributed by atoms with Crippen molar-refractivity contribution in [2.75, 3.05) is 16.8 Å². The van der Waals surface area contributed by atoms with Gasteiger partial charge in [0, 0.05) is 30.0 Å². The Morgan fingerprint density at radius 3 is 2.83 bits per heavy atom. The van der Waals surface area contributed by atoms with Crippen LogP contribution >= 0.6 is 0 Å². The van der Waals surface area contributed by atoms with Crippen LogP contribution in [0.5, 0.6) is 0 Å². The molecule has 7 N–H and O–H groups in total. The lowest BCUT2D eigenvalue weighted by Crippen LogP contribution is -2.05. The summed E-state index contributed by atoms with van der Waals surface area (Å²) in [5.74, 6) is 0.176. The second-order valence-corrected chi connectivity index (χ2v) is 6.28. The Balaban J connectivity index is 1.85. The Morgan fingerprint density at radius 1 is 1.30 bits per heavy atom. The van der Waals surface area contributed by atoms with E-state index < -0.39 is 10.1 Å². The molecule has 0 unspecified atom stereocenters. The molecule has 0 atom stereocenters. The predicted octanol–water partition coefficient (Wildman–Crippen LogP) is 0.981. The molecule has 0 aliphatic rings. The number of anilines is 3. The zero-order valence-corrected chi connectivity index (χ0v) is 12.6. The molecule has 0 spiro atoms. The van der Waals surface area contributed by atoms with Crippen LogP contribution in [-0.2, 0) is 16.7 Å². The molecule has 120 valence electrons. The molecule has 0 radical (unpaired) electrons. The molecule has 0 bridgehead atoms. The summed E-state index contributed by atoms with van der Waals surface area (Å²) in [6.07, 6.45) is 3.37. The summed E-state index contributed by atoms with van der Waals surface area (Å²) in [7, 11) is -4.37. The van der Waals surface area contributed by atoms with Crippen LogP contribution in [-0.4, -0.2) is 27.9 Å². The molecule has 2 aromatic heterocycles. The Kier molecular flexibility index (Phi) is 3.54. The zero-order chi connectivity index (χ0) is 16.6. The van der Waals surface area contributed by atoms with Crippen LogP contribution in [0.15, 0.2) is 35.5 Å². The molecule has 9 nitrogen and oxygen atoms in total. The van der Waals surface area contributed by atoms with E-state index in [9.17, 15) is 8.42 Å². The highest BCUT2D eigenvalue weighted by Gasteiger charge is 2.14. The molecular weight excluding hydrogens is 320 g/mol. The van der Waals surface area contributed by atoms with Crippen molar-refractivity contribution in [2.24, 2.45) is 0 Å². The molecule has 0 fully saturated rings. The highest BCUT2D eigenvalue weighted by molar-refractivity contribution is 7.86. The number of nitrogens with one attached hydrogen (secondary N) is 2. The van der Waals surface area contributed by atoms with Crippen LogP contribution in [0.2, 0.25) is 0 Å². The average Bonchev–Trinajstić information content (AvgIpc) is 2.87. The fourth-order valence-electron chi connectivity index (χ4n) is 2.18. The lowest BCUT2D eigenvalue weighted by molar-refractivity contribution is 0.483. The van der Waals surface area contributed by atoms with Crippen LogP contribution in [0.4, 0.5) is 17.3 Å². The summed E-state index contributed by atoms with van der Waals surface area (Å²) >= 11 is 0. The Morgan fingerprint density at radius 2 is 2.09 bits per heavy atom. The Labute approximate surface area is 131 Å². The fraction of sp³-hybridized carbons (Fsp3) is 0.0769. The summed E-state index contributed by atoms with van der Waals surface area (Å²) in [6, 6.07) is 4.30. The number of H-pyrrole nitrogens is 1. The molecule has 0 saturated heterocycles. The Bertz CT molecular complexity index is 983. The number of nitrogens with zero attached hydrogens (tertiary/aromatic N) is 2. The van der Waals surface area contributed by atoms with Gasteiger partial charge in [0.05, 0.1) is 5.69 Å². The smallest absolute Gasteiger partial charge is 0.296 e. The van der Waals surface area contributed by atoms with E-state index in [4.69, 9.17) is 16.0 Å². The van der Waals surface area contributed by atoms with Gasteiger partial charge in [0.1, 0.15) is 10.5 Å². The van der Waals surface area contributed by atoms with Gasteiger partial charge in [0.2, 0.25) is 5.95 Å². The first-order chi connectivity index (χ1) is 10.8. The van der Waals surface area contributed by atoms with Gasteiger partial charge in [-0.05, 0) is 23.8 Å². The SMILES string of the molecule is Nc1ncc2c(CNc3ccc(N)c(S(=O)(=O)O)c3)c[nH]c2n1. The van der Waals surface area contributed by atoms with Gasteiger partial charge in [0.25, 0.3) is 10.1 Å². The maximum absolute atomic E-state index is 11.3. The number of nitrogen functional groups attached to an aromatic ring is 2. The van der Waals surface area contributed by atoms with Crippen molar-refractivity contribution in [1.82, 2.24) is 15.0 Å². The maximum atomic E-state index is 11.3. The number of fused-ring (bicyclic) bond motifs is 1. The van der Waals surface area contributed by atoms with Crippen molar-refractivity contribution < 1.29 is 13.0 Å². The summed E-state index contributed by atoms with van der Waals surface area (Å²) in [6.45, 7) is 0.391. The van der Waals surface area contributed by atoms with Crippen molar-refractivity contribution >= 4 is 38.5 Å². The fourth-order valence-corrected chi connectivity index (χ4v) is 2.83. The molecule has 10 heteroatoms. The first kappa shape index (κ1) is 15.1. The minimum Gasteiger partial charge on any atom is -0.398 e. The van der Waals surface area contributed by atoms with Gasteiger partial charge in [-0.3, -0.25) is 4.55 Å². The third-order valence-electron chi connectivity index (χ3n) is 3.31. The van der Waals surface area contributed by atoms with E-state index in [1.807, 2.05) is 0 Å². The summed E-state index contributed by atoms with van der Waals surface area (Å²) in [5, 5.41) is 3.86. The summed E-state index contributed by atoms with van der Waals surface area (Å²) < 4.78 is 31.7. The number of aromatic amines is 1. The van der Waals surface area contributed by atoms with E-state index in [-0.39, 0.29) is 16.5 Å². The first-order valence-electron chi connectivity index (χ1n) is 6.54. The van der Waals surface area contributed by atoms with Crippen LogP contribution in [0.25, 0.3) is 11.0 Å². The molecule has 1 aromatic carbocycles. The van der Waals surface area contributed by atoms with Crippen molar-refractivity contribution in [3.8, 4) is 0 Å². The molecular formula is C13H14N6O3S. The zero-order valence-electron chi connectivity index (χ0n) is 11.8. The van der Waals surface area contributed by atoms with Crippen molar-refractivity contribution in [1.29, 1.82) is 0 Å². The molecule has 23 heavy (non-hydrogen) atoms. The number of rotatable bonds is 4. The molecule has 3 aromatic rings. The van der Waals surface area contributed by atoms with Crippen LogP contribution in [0.1, 0.15) is 5.56 Å². The molecule has 2 heterocycles. The lowest BCUT2D eigenvalue weighted by Gasteiger charge is -2.09. The van der Waals surface area contributed by atoms with Gasteiger partial charge in [0.15, 0.2) is 0 Å². The second kappa shape index (κ2) is 5.41. The lowest BCUT2D eigenvalue weighted by atomic mass is 10.2. The van der Waals surface area contributed by atoms with Crippen LogP contribution < -0.4 is 16.8 Å². The molecule has 0 aliphatic heterocycles. The van der Waals surface area contributed by atoms with Crippen LogP contribution in [0.3, 0.4) is 0 Å². The highest BCUT2D eigenvalue weighted by atomic mass is 32.2. The van der Waals surface area contributed by atoms with Crippen molar-refractivity contribution in [2.45, 2.75) is 11.4 Å². The van der Waals surface area contributed by atoms with Crippen molar-refractivity contribution in [3.63, 3.8) is 0 Å². The summed E-state index contributed by atoms with van der Waals surface area (Å²) in [5.41, 5.74) is 13.0. The van der Waals surface area contributed by atoms with E-state index in [0.29, 0.717) is 17.9 Å². The van der Waals surface area contributed by atoms with Gasteiger partial charge < -0.3 is 21.8 Å². The first-order valence-corrected chi connectivity index (χ1v) is 7.98. The third kappa shape index (κ3) is 3.03. The minimum absolute atomic E-state index is 0.0194. The topological polar surface area (TPSA) is 160 Å². The van der Waals surface area contributed by atoms with Crippen LogP contribution in [0, 0.1) is 0 Å². The second-order valence-electron chi connectivity index (χ2n) is 4.89. The van der Waals surface area contributed by atoms with Gasteiger partial charge in [-0.1, -0.05) is 0 Å². The monoisotopic (exact) mass is 334 g/mol. The quantitative estimate of drug-likeness (QED) is 0.348. The van der Waals surface area contributed by atoms with Gasteiger partial charge in [-0.2, -0.15) is 13.4 Å². The number of benzene rings is 1. The van der Waals surface area contributed by atoms with Gasteiger partial charge in [-0.15, -0.1) is 0 Å². The van der Waals surface area contributed by atoms with Gasteiger partial charge >= 0.3 is 0 Å². The molecule has 3 rings (SSSR count). The number of aromatic nitrogens is 3. The predicted molar refractivity (Wildman–Crippen MR) is 86.3 cm³/mol. The summed E-state index contributed by atoms with van der Waals surface area (Å²) in [4.78, 5) is 10.7.